The summed E-state index contributed by atoms with van der Waals surface area (Å²) in [7, 11) is 0. The molecule has 0 aliphatic heterocycles. The molecule has 0 spiro atoms. The Morgan fingerprint density at radius 3 is 2.25 bits per heavy atom. The number of hydrogen-bond donors (Lipinski definition) is 0. The van der Waals surface area contributed by atoms with E-state index < -0.39 is 0 Å². The first kappa shape index (κ1) is 15.3. The van der Waals surface area contributed by atoms with Gasteiger partial charge in [-0.05, 0) is 6.42 Å². The molecule has 0 aromatic heterocycles. The fourth-order valence-corrected chi connectivity index (χ4v) is 1.06. The molecule has 0 amide bonds. The Bertz CT molecular complexity index is 124. The van der Waals surface area contributed by atoms with Crippen molar-refractivity contribution in [3.05, 3.63) is 0 Å². The van der Waals surface area contributed by atoms with Gasteiger partial charge in [0.25, 0.3) is 0 Å². The second-order valence-corrected chi connectivity index (χ2v) is 3.40. The fraction of sp³-hybridized carbons (Fsp3) is 0.800. The van der Waals surface area contributed by atoms with E-state index in [2.05, 4.69) is 34.7 Å². The summed E-state index contributed by atoms with van der Waals surface area (Å²) in [5.41, 5.74) is 0. The molecule has 0 N–H and O–H groups in total. The topological polar surface area (TPSA) is 0 Å². The van der Waals surface area contributed by atoms with Crippen LogP contribution in [0.4, 0.5) is 0 Å². The fourth-order valence-electron chi connectivity index (χ4n) is 0.864. The molecule has 0 heterocycles. The first-order chi connectivity index (χ1) is 5.41. The van der Waals surface area contributed by atoms with Gasteiger partial charge >= 0.3 is 23.1 Å². The van der Waals surface area contributed by atoms with E-state index in [1.54, 1.807) is 0 Å². The first-order valence-electron chi connectivity index (χ1n) is 4.43. The van der Waals surface area contributed by atoms with Crippen molar-refractivity contribution in [3.63, 3.8) is 0 Å². The Morgan fingerprint density at radius 2 is 1.67 bits per heavy atom. The molecule has 0 aliphatic carbocycles. The van der Waals surface area contributed by atoms with Crippen molar-refractivity contribution in [2.75, 3.05) is 5.33 Å². The lowest BCUT2D eigenvalue weighted by Crippen LogP contribution is -1.74. The van der Waals surface area contributed by atoms with Crippen molar-refractivity contribution in [1.82, 2.24) is 0 Å². The Labute approximate surface area is 101 Å². The second kappa shape index (κ2) is 14.3. The molecule has 0 aromatic carbocycles. The highest BCUT2D eigenvalue weighted by Gasteiger charge is 1.83. The van der Waals surface area contributed by atoms with Crippen LogP contribution in [0.25, 0.3) is 0 Å². The molecule has 0 saturated carbocycles. The van der Waals surface area contributed by atoms with Crippen LogP contribution >= 0.6 is 15.9 Å². The van der Waals surface area contributed by atoms with E-state index in [-0.39, 0.29) is 23.1 Å². The molecule has 0 radical (unpaired) electrons. The molecule has 0 atom stereocenters. The van der Waals surface area contributed by atoms with E-state index in [0.717, 1.165) is 18.2 Å². The maximum absolute atomic E-state index is 3.34. The molecule has 0 unspecified atom stereocenters. The predicted octanol–water partition coefficient (Wildman–Crippen LogP) is 2.83. The lowest BCUT2D eigenvalue weighted by Gasteiger charge is -1.91. The molecule has 0 nitrogen and oxygen atoms in total. The van der Waals surface area contributed by atoms with Gasteiger partial charge in [-0.2, -0.15) is 0 Å². The summed E-state index contributed by atoms with van der Waals surface area (Å²) in [6.07, 6.45) is 7.39. The number of halogens is 1. The van der Waals surface area contributed by atoms with Crippen LogP contribution in [0.1, 0.15) is 45.4 Å². The highest BCUT2D eigenvalue weighted by Crippen LogP contribution is 2.00. The monoisotopic (exact) mass is 242 g/mol. The van der Waals surface area contributed by atoms with E-state index in [0.29, 0.717) is 0 Å². The summed E-state index contributed by atoms with van der Waals surface area (Å²) in [5.74, 6) is 6.28. The van der Waals surface area contributed by atoms with Crippen molar-refractivity contribution in [1.29, 1.82) is 0 Å². The Hall–Kier alpha value is 0.806. The third-order valence-electron chi connectivity index (χ3n) is 1.50. The molecular formula is C10H19BrMg. The van der Waals surface area contributed by atoms with E-state index in [1.807, 2.05) is 0 Å². The molecule has 0 bridgehead atoms. The normalized spacial score (nSPS) is 8.17. The van der Waals surface area contributed by atoms with Crippen molar-refractivity contribution in [3.8, 4) is 11.8 Å². The molecule has 2 heteroatoms. The molecule has 0 aliphatic rings. The maximum atomic E-state index is 3.34. The zero-order valence-corrected chi connectivity index (χ0v) is 8.91. The van der Waals surface area contributed by atoms with Gasteiger partial charge in [-0.3, -0.25) is 0 Å². The number of unbranched alkanes of at least 4 members (excludes halogenated alkanes) is 4. The molecule has 68 valence electrons. The van der Waals surface area contributed by atoms with E-state index >= 15 is 0 Å². The summed E-state index contributed by atoms with van der Waals surface area (Å²) in [5, 5.41) is 1.01. The van der Waals surface area contributed by atoms with Gasteiger partial charge in [0.05, 0.1) is 0 Å². The molecule has 12 heavy (non-hydrogen) atoms. The van der Waals surface area contributed by atoms with Crippen molar-refractivity contribution < 1.29 is 0 Å². The quantitative estimate of drug-likeness (QED) is 0.301. The zero-order valence-electron chi connectivity index (χ0n) is 7.33. The van der Waals surface area contributed by atoms with Crippen LogP contribution in [-0.4, -0.2) is 28.4 Å². The van der Waals surface area contributed by atoms with Crippen molar-refractivity contribution >= 4 is 39.0 Å². The second-order valence-electron chi connectivity index (χ2n) is 2.60. The third-order valence-corrected chi connectivity index (χ3v) is 1.90. The standard InChI is InChI=1S/C10H17Br.Mg.2H/c1-2-3-4-5-6-7-8-9-10-11;;;/h2-6,9-10H2,1H3;;;. The number of rotatable bonds is 5. The number of alkyl halides is 1. The Morgan fingerprint density at radius 1 is 1.00 bits per heavy atom. The average molecular weight is 243 g/mol. The molecule has 0 fully saturated rings. The highest BCUT2D eigenvalue weighted by atomic mass is 79.9. The van der Waals surface area contributed by atoms with Gasteiger partial charge in [-0.25, -0.2) is 0 Å². The zero-order chi connectivity index (χ0) is 8.36. The van der Waals surface area contributed by atoms with Crippen LogP contribution < -0.4 is 0 Å². The molecule has 0 aromatic rings. The van der Waals surface area contributed by atoms with Gasteiger partial charge < -0.3 is 0 Å². The Balaban J connectivity index is 0. The summed E-state index contributed by atoms with van der Waals surface area (Å²) in [6.45, 7) is 2.23. The first-order valence-corrected chi connectivity index (χ1v) is 5.55. The van der Waals surface area contributed by atoms with Gasteiger partial charge in [0, 0.05) is 18.2 Å². The summed E-state index contributed by atoms with van der Waals surface area (Å²) in [6, 6.07) is 0. The van der Waals surface area contributed by atoms with Gasteiger partial charge in [0.15, 0.2) is 0 Å². The Kier molecular flexibility index (Phi) is 18.3. The molecular weight excluding hydrogens is 224 g/mol. The van der Waals surface area contributed by atoms with Gasteiger partial charge in [-0.1, -0.05) is 42.1 Å². The minimum absolute atomic E-state index is 0. The summed E-state index contributed by atoms with van der Waals surface area (Å²) < 4.78 is 0. The predicted molar refractivity (Wildman–Crippen MR) is 63.5 cm³/mol. The van der Waals surface area contributed by atoms with Crippen molar-refractivity contribution in [2.45, 2.75) is 45.4 Å². The van der Waals surface area contributed by atoms with E-state index in [9.17, 15) is 0 Å². The van der Waals surface area contributed by atoms with Crippen LogP contribution in [0.2, 0.25) is 0 Å². The van der Waals surface area contributed by atoms with Crippen LogP contribution in [0.15, 0.2) is 0 Å². The van der Waals surface area contributed by atoms with Crippen LogP contribution in [0, 0.1) is 11.8 Å². The molecule has 0 rings (SSSR count). The van der Waals surface area contributed by atoms with Crippen LogP contribution in [0.5, 0.6) is 0 Å². The highest BCUT2D eigenvalue weighted by molar-refractivity contribution is 9.09. The molecule has 0 saturated heterocycles. The number of hydrogen-bond acceptors (Lipinski definition) is 0. The van der Waals surface area contributed by atoms with E-state index in [1.165, 1.54) is 25.7 Å². The lowest BCUT2D eigenvalue weighted by atomic mass is 10.1. The largest absolute Gasteiger partial charge is 0.316 e. The minimum Gasteiger partial charge on any atom is -0.103 e. The van der Waals surface area contributed by atoms with Crippen molar-refractivity contribution in [2.24, 2.45) is 0 Å². The van der Waals surface area contributed by atoms with Gasteiger partial charge in [0.2, 0.25) is 0 Å². The minimum atomic E-state index is 0. The van der Waals surface area contributed by atoms with Crippen LogP contribution in [-0.2, 0) is 0 Å². The smallest absolute Gasteiger partial charge is 0.103 e. The third kappa shape index (κ3) is 13.4. The van der Waals surface area contributed by atoms with Gasteiger partial charge in [-0.15, -0.1) is 11.8 Å². The maximum Gasteiger partial charge on any atom is 0.316 e. The summed E-state index contributed by atoms with van der Waals surface area (Å²) in [4.78, 5) is 0. The lowest BCUT2D eigenvalue weighted by molar-refractivity contribution is 0.679. The van der Waals surface area contributed by atoms with Gasteiger partial charge in [0.1, 0.15) is 0 Å². The summed E-state index contributed by atoms with van der Waals surface area (Å²) >= 11 is 3.34. The average Bonchev–Trinajstić information content (AvgIpc) is 2.03. The van der Waals surface area contributed by atoms with Crippen LogP contribution in [0.3, 0.4) is 0 Å². The van der Waals surface area contributed by atoms with E-state index in [4.69, 9.17) is 0 Å². The SMILES string of the molecule is CCCCCCC#CCCBr.[MgH2].